The van der Waals surface area contributed by atoms with Gasteiger partial charge in [-0.3, -0.25) is 4.79 Å². The van der Waals surface area contributed by atoms with Gasteiger partial charge in [0.2, 0.25) is 5.91 Å². The molecule has 0 radical (unpaired) electrons. The summed E-state index contributed by atoms with van der Waals surface area (Å²) in [4.78, 5) is 14.9. The van der Waals surface area contributed by atoms with E-state index >= 15 is 0 Å². The standard InChI is InChI=1S/C16H30N2O/c1-12-11-13(17)5-6-14(12)15(19)18-9-4-7-16(2,3)8-10-18/h12-14H,4-11,17H2,1-3H3. The van der Waals surface area contributed by atoms with E-state index in [-0.39, 0.29) is 5.92 Å². The average molecular weight is 266 g/mol. The molecule has 0 aromatic heterocycles. The van der Waals surface area contributed by atoms with Crippen LogP contribution in [0.2, 0.25) is 0 Å². The Bertz CT molecular complexity index is 327. The molecule has 1 heterocycles. The van der Waals surface area contributed by atoms with Crippen molar-refractivity contribution in [1.82, 2.24) is 4.90 Å². The Kier molecular flexibility index (Phi) is 4.54. The highest BCUT2D eigenvalue weighted by Gasteiger charge is 2.35. The largest absolute Gasteiger partial charge is 0.342 e. The highest BCUT2D eigenvalue weighted by Crippen LogP contribution is 2.34. The number of carbonyl (C=O) groups is 1. The van der Waals surface area contributed by atoms with E-state index in [0.717, 1.165) is 45.2 Å². The highest BCUT2D eigenvalue weighted by molar-refractivity contribution is 5.79. The Hall–Kier alpha value is -0.570. The Morgan fingerprint density at radius 3 is 2.63 bits per heavy atom. The second kappa shape index (κ2) is 5.82. The smallest absolute Gasteiger partial charge is 0.225 e. The number of likely N-dealkylation sites (tertiary alicyclic amines) is 1. The Morgan fingerprint density at radius 1 is 1.21 bits per heavy atom. The molecule has 1 amide bonds. The van der Waals surface area contributed by atoms with Crippen LogP contribution in [0, 0.1) is 17.3 Å². The number of hydrogen-bond acceptors (Lipinski definition) is 2. The van der Waals surface area contributed by atoms with E-state index in [1.807, 2.05) is 0 Å². The number of carbonyl (C=O) groups excluding carboxylic acids is 1. The topological polar surface area (TPSA) is 46.3 Å². The van der Waals surface area contributed by atoms with Gasteiger partial charge in [-0.15, -0.1) is 0 Å². The molecule has 19 heavy (non-hydrogen) atoms. The van der Waals surface area contributed by atoms with E-state index in [1.54, 1.807) is 0 Å². The lowest BCUT2D eigenvalue weighted by molar-refractivity contribution is -0.138. The lowest BCUT2D eigenvalue weighted by Gasteiger charge is -2.35. The summed E-state index contributed by atoms with van der Waals surface area (Å²) in [6.07, 6.45) is 6.54. The SMILES string of the molecule is CC1CC(N)CCC1C(=O)N1CCCC(C)(C)CC1. The van der Waals surface area contributed by atoms with Crippen LogP contribution in [-0.2, 0) is 4.79 Å². The molecule has 2 N–H and O–H groups in total. The lowest BCUT2D eigenvalue weighted by Crippen LogP contribution is -2.43. The first-order valence-corrected chi connectivity index (χ1v) is 7.93. The highest BCUT2D eigenvalue weighted by atomic mass is 16.2. The molecule has 0 bridgehead atoms. The van der Waals surface area contributed by atoms with Gasteiger partial charge in [-0.2, -0.15) is 0 Å². The molecule has 1 saturated carbocycles. The zero-order valence-corrected chi connectivity index (χ0v) is 12.8. The molecule has 3 unspecified atom stereocenters. The van der Waals surface area contributed by atoms with Crippen LogP contribution < -0.4 is 5.73 Å². The van der Waals surface area contributed by atoms with Gasteiger partial charge in [-0.05, 0) is 49.9 Å². The third-order valence-corrected chi connectivity index (χ3v) is 5.18. The summed E-state index contributed by atoms with van der Waals surface area (Å²) >= 11 is 0. The molecule has 0 aromatic carbocycles. The molecular formula is C16H30N2O. The molecule has 3 heteroatoms. The van der Waals surface area contributed by atoms with Crippen molar-refractivity contribution in [2.75, 3.05) is 13.1 Å². The van der Waals surface area contributed by atoms with Gasteiger partial charge in [0, 0.05) is 25.0 Å². The van der Waals surface area contributed by atoms with Gasteiger partial charge in [-0.25, -0.2) is 0 Å². The summed E-state index contributed by atoms with van der Waals surface area (Å²) in [7, 11) is 0. The fourth-order valence-corrected chi connectivity index (χ4v) is 3.68. The van der Waals surface area contributed by atoms with Crippen LogP contribution in [0.3, 0.4) is 0 Å². The Morgan fingerprint density at radius 2 is 1.95 bits per heavy atom. The molecule has 0 spiro atoms. The van der Waals surface area contributed by atoms with Gasteiger partial charge in [0.1, 0.15) is 0 Å². The zero-order chi connectivity index (χ0) is 14.0. The minimum absolute atomic E-state index is 0.223. The number of rotatable bonds is 1. The van der Waals surface area contributed by atoms with E-state index < -0.39 is 0 Å². The first kappa shape index (κ1) is 14.8. The second-order valence-corrected chi connectivity index (χ2v) is 7.50. The predicted molar refractivity (Wildman–Crippen MR) is 78.7 cm³/mol. The van der Waals surface area contributed by atoms with Crippen molar-refractivity contribution in [3.8, 4) is 0 Å². The lowest BCUT2D eigenvalue weighted by atomic mass is 9.77. The summed E-state index contributed by atoms with van der Waals surface area (Å²) in [5, 5.41) is 0. The fraction of sp³-hybridized carbons (Fsp3) is 0.938. The normalized spacial score (nSPS) is 35.8. The maximum atomic E-state index is 12.7. The van der Waals surface area contributed by atoms with E-state index in [1.165, 1.54) is 6.42 Å². The molecule has 1 saturated heterocycles. The molecule has 0 aromatic rings. The van der Waals surface area contributed by atoms with Crippen LogP contribution >= 0.6 is 0 Å². The van der Waals surface area contributed by atoms with Crippen LogP contribution in [0.5, 0.6) is 0 Å². The molecule has 1 aliphatic carbocycles. The molecule has 110 valence electrons. The molecule has 2 fully saturated rings. The Labute approximate surface area is 117 Å². The van der Waals surface area contributed by atoms with Crippen molar-refractivity contribution in [2.24, 2.45) is 23.0 Å². The zero-order valence-electron chi connectivity index (χ0n) is 12.8. The van der Waals surface area contributed by atoms with Crippen molar-refractivity contribution in [3.05, 3.63) is 0 Å². The summed E-state index contributed by atoms with van der Waals surface area (Å²) < 4.78 is 0. The van der Waals surface area contributed by atoms with Crippen LogP contribution in [0.15, 0.2) is 0 Å². The molecule has 2 rings (SSSR count). The monoisotopic (exact) mass is 266 g/mol. The van der Waals surface area contributed by atoms with Gasteiger partial charge >= 0.3 is 0 Å². The maximum Gasteiger partial charge on any atom is 0.225 e. The number of amides is 1. The quantitative estimate of drug-likeness (QED) is 0.793. The van der Waals surface area contributed by atoms with Crippen LogP contribution in [0.4, 0.5) is 0 Å². The van der Waals surface area contributed by atoms with Gasteiger partial charge in [0.15, 0.2) is 0 Å². The molecule has 3 atom stereocenters. The average Bonchev–Trinajstić information content (AvgIpc) is 2.49. The van der Waals surface area contributed by atoms with E-state index in [2.05, 4.69) is 25.7 Å². The van der Waals surface area contributed by atoms with E-state index in [0.29, 0.717) is 23.3 Å². The summed E-state index contributed by atoms with van der Waals surface area (Å²) in [5.74, 6) is 1.07. The third-order valence-electron chi connectivity index (χ3n) is 5.18. The summed E-state index contributed by atoms with van der Waals surface area (Å²) in [5.41, 5.74) is 6.40. The number of nitrogens with zero attached hydrogens (tertiary/aromatic N) is 1. The van der Waals surface area contributed by atoms with Crippen molar-refractivity contribution >= 4 is 5.91 Å². The summed E-state index contributed by atoms with van der Waals surface area (Å²) in [6.45, 7) is 8.74. The van der Waals surface area contributed by atoms with Crippen LogP contribution in [-0.4, -0.2) is 29.9 Å². The van der Waals surface area contributed by atoms with Crippen LogP contribution in [0.25, 0.3) is 0 Å². The predicted octanol–water partition coefficient (Wildman–Crippen LogP) is 2.79. The first-order chi connectivity index (χ1) is 8.89. The van der Waals surface area contributed by atoms with Crippen LogP contribution in [0.1, 0.15) is 59.3 Å². The number of nitrogens with two attached hydrogens (primary N) is 1. The maximum absolute atomic E-state index is 12.7. The number of hydrogen-bond donors (Lipinski definition) is 1. The first-order valence-electron chi connectivity index (χ1n) is 7.93. The molecule has 3 nitrogen and oxygen atoms in total. The van der Waals surface area contributed by atoms with Crippen molar-refractivity contribution in [2.45, 2.75) is 65.3 Å². The Balaban J connectivity index is 1.95. The molecule has 2 aliphatic rings. The van der Waals surface area contributed by atoms with Crippen molar-refractivity contribution in [3.63, 3.8) is 0 Å². The fourth-order valence-electron chi connectivity index (χ4n) is 3.68. The second-order valence-electron chi connectivity index (χ2n) is 7.50. The minimum atomic E-state index is 0.223. The summed E-state index contributed by atoms with van der Waals surface area (Å²) in [6, 6.07) is 0.308. The van der Waals surface area contributed by atoms with Crippen molar-refractivity contribution < 1.29 is 4.79 Å². The van der Waals surface area contributed by atoms with E-state index in [9.17, 15) is 4.79 Å². The van der Waals surface area contributed by atoms with Gasteiger partial charge in [0.05, 0.1) is 0 Å². The third kappa shape index (κ3) is 3.71. The van der Waals surface area contributed by atoms with Gasteiger partial charge in [-0.1, -0.05) is 20.8 Å². The van der Waals surface area contributed by atoms with Gasteiger partial charge in [0.25, 0.3) is 0 Å². The van der Waals surface area contributed by atoms with E-state index in [4.69, 9.17) is 5.73 Å². The van der Waals surface area contributed by atoms with Crippen molar-refractivity contribution in [1.29, 1.82) is 0 Å². The molecular weight excluding hydrogens is 236 g/mol. The molecule has 1 aliphatic heterocycles. The minimum Gasteiger partial charge on any atom is -0.342 e. The van der Waals surface area contributed by atoms with Gasteiger partial charge < -0.3 is 10.6 Å².